The fourth-order valence-corrected chi connectivity index (χ4v) is 4.57. The van der Waals surface area contributed by atoms with E-state index in [1.54, 1.807) is 16.9 Å². The smallest absolute Gasteiger partial charge is 0.234 e. The number of benzene rings is 2. The number of para-hydroxylation sites is 1. The van der Waals surface area contributed by atoms with Crippen LogP contribution in [0.15, 0.2) is 65.8 Å². The van der Waals surface area contributed by atoms with Crippen LogP contribution < -0.4 is 5.32 Å². The monoisotopic (exact) mass is 489 g/mol. The van der Waals surface area contributed by atoms with Gasteiger partial charge in [-0.3, -0.25) is 9.89 Å². The molecule has 3 heterocycles. The molecule has 0 saturated carbocycles. The Morgan fingerprint density at radius 1 is 1.09 bits per heavy atom. The van der Waals surface area contributed by atoms with Crippen LogP contribution in [0, 0.1) is 13.8 Å². The molecule has 2 aromatic carbocycles. The van der Waals surface area contributed by atoms with Crippen molar-refractivity contribution < 1.29 is 4.79 Å². The summed E-state index contributed by atoms with van der Waals surface area (Å²) in [5, 5.41) is 16.4. The van der Waals surface area contributed by atoms with Gasteiger partial charge in [-0.1, -0.05) is 53.7 Å². The molecular formula is C24H20ClN7OS. The van der Waals surface area contributed by atoms with Gasteiger partial charge in [-0.2, -0.15) is 10.2 Å². The maximum absolute atomic E-state index is 12.7. The van der Waals surface area contributed by atoms with Gasteiger partial charge >= 0.3 is 0 Å². The molecule has 0 radical (unpaired) electrons. The Balaban J connectivity index is 1.53. The van der Waals surface area contributed by atoms with Crippen molar-refractivity contribution in [2.24, 2.45) is 0 Å². The summed E-state index contributed by atoms with van der Waals surface area (Å²) in [6.07, 6.45) is 1.73. The Morgan fingerprint density at radius 3 is 2.59 bits per heavy atom. The summed E-state index contributed by atoms with van der Waals surface area (Å²) in [5.74, 6) is 0.480. The Morgan fingerprint density at radius 2 is 1.85 bits per heavy atom. The third-order valence-electron chi connectivity index (χ3n) is 5.24. The van der Waals surface area contributed by atoms with Crippen molar-refractivity contribution in [3.05, 3.63) is 77.2 Å². The minimum absolute atomic E-state index is 0.154. The fraction of sp³-hybridized carbons (Fsp3) is 0.125. The molecule has 5 aromatic rings. The highest BCUT2D eigenvalue weighted by atomic mass is 35.5. The largest absolute Gasteiger partial charge is 0.322 e. The van der Waals surface area contributed by atoms with E-state index in [0.29, 0.717) is 32.8 Å². The average molecular weight is 490 g/mol. The molecule has 10 heteroatoms. The van der Waals surface area contributed by atoms with E-state index >= 15 is 0 Å². The van der Waals surface area contributed by atoms with Crippen LogP contribution in [0.25, 0.3) is 28.1 Å². The minimum Gasteiger partial charge on any atom is -0.322 e. The first-order chi connectivity index (χ1) is 16.5. The zero-order valence-corrected chi connectivity index (χ0v) is 20.0. The number of carbonyl (C=O) groups is 1. The van der Waals surface area contributed by atoms with Crippen molar-refractivity contribution in [3.8, 4) is 17.1 Å². The highest BCUT2D eigenvalue weighted by Gasteiger charge is 2.18. The van der Waals surface area contributed by atoms with E-state index in [2.05, 4.69) is 20.6 Å². The number of anilines is 1. The fourth-order valence-electron chi connectivity index (χ4n) is 3.56. The number of hydrogen-bond acceptors (Lipinski definition) is 6. The topological polar surface area (TPSA) is 101 Å². The second-order valence-corrected chi connectivity index (χ2v) is 8.98. The van der Waals surface area contributed by atoms with Crippen molar-refractivity contribution in [1.29, 1.82) is 0 Å². The van der Waals surface area contributed by atoms with Crippen LogP contribution in [0.4, 0.5) is 5.69 Å². The Labute approximate surface area is 204 Å². The lowest BCUT2D eigenvalue weighted by Gasteiger charge is -2.09. The Hall–Kier alpha value is -3.69. The molecule has 0 spiro atoms. The number of aromatic amines is 1. The summed E-state index contributed by atoms with van der Waals surface area (Å²) in [4.78, 5) is 22.3. The van der Waals surface area contributed by atoms with E-state index in [4.69, 9.17) is 21.6 Å². The number of amides is 1. The van der Waals surface area contributed by atoms with Crippen molar-refractivity contribution in [1.82, 2.24) is 29.9 Å². The second-order valence-electron chi connectivity index (χ2n) is 7.61. The third-order valence-corrected chi connectivity index (χ3v) is 6.56. The van der Waals surface area contributed by atoms with Crippen molar-refractivity contribution >= 4 is 46.0 Å². The van der Waals surface area contributed by atoms with Gasteiger partial charge in [0.15, 0.2) is 11.5 Å². The number of rotatable bonds is 6. The highest BCUT2D eigenvalue weighted by molar-refractivity contribution is 8.00. The van der Waals surface area contributed by atoms with Crippen molar-refractivity contribution in [2.45, 2.75) is 18.9 Å². The van der Waals surface area contributed by atoms with E-state index < -0.39 is 0 Å². The van der Waals surface area contributed by atoms with Crippen LogP contribution in [0.2, 0.25) is 5.02 Å². The zero-order valence-electron chi connectivity index (χ0n) is 18.4. The molecule has 34 heavy (non-hydrogen) atoms. The number of nitrogens with one attached hydrogen (secondary N) is 2. The Kier molecular flexibility index (Phi) is 6.04. The maximum atomic E-state index is 12.7. The van der Waals surface area contributed by atoms with E-state index in [-0.39, 0.29) is 11.7 Å². The average Bonchev–Trinajstić information content (AvgIpc) is 3.42. The van der Waals surface area contributed by atoms with Crippen molar-refractivity contribution in [3.63, 3.8) is 0 Å². The molecule has 0 fully saturated rings. The number of aryl methyl sites for hydroxylation is 2. The number of thioether (sulfide) groups is 1. The number of aromatic nitrogens is 6. The zero-order chi connectivity index (χ0) is 23.7. The van der Waals surface area contributed by atoms with E-state index in [9.17, 15) is 4.79 Å². The van der Waals surface area contributed by atoms with Gasteiger partial charge in [0, 0.05) is 5.56 Å². The summed E-state index contributed by atoms with van der Waals surface area (Å²) < 4.78 is 1.76. The molecule has 170 valence electrons. The quantitative estimate of drug-likeness (QED) is 0.251. The van der Waals surface area contributed by atoms with Gasteiger partial charge in [0.2, 0.25) is 5.91 Å². The van der Waals surface area contributed by atoms with Gasteiger partial charge in [-0.15, -0.1) is 0 Å². The van der Waals surface area contributed by atoms with Crippen LogP contribution >= 0.6 is 23.4 Å². The van der Waals surface area contributed by atoms with E-state index in [1.807, 2.05) is 62.4 Å². The number of halogens is 1. The Bertz CT molecular complexity index is 1480. The van der Waals surface area contributed by atoms with Gasteiger partial charge in [0.05, 0.1) is 45.1 Å². The predicted molar refractivity (Wildman–Crippen MR) is 135 cm³/mol. The summed E-state index contributed by atoms with van der Waals surface area (Å²) in [6.45, 7) is 3.71. The number of H-pyrrole nitrogens is 1. The van der Waals surface area contributed by atoms with E-state index in [1.165, 1.54) is 11.8 Å². The lowest BCUT2D eigenvalue weighted by atomic mass is 10.2. The molecule has 0 saturated heterocycles. The molecule has 1 amide bonds. The molecule has 2 N–H and O–H groups in total. The van der Waals surface area contributed by atoms with Crippen LogP contribution in [0.5, 0.6) is 0 Å². The summed E-state index contributed by atoms with van der Waals surface area (Å²) in [6, 6.07) is 17.2. The molecule has 5 rings (SSSR count). The van der Waals surface area contributed by atoms with E-state index in [0.717, 1.165) is 22.5 Å². The number of hydrogen-bond donors (Lipinski definition) is 2. The molecule has 0 unspecified atom stereocenters. The van der Waals surface area contributed by atoms with Crippen LogP contribution in [0.3, 0.4) is 0 Å². The predicted octanol–water partition coefficient (Wildman–Crippen LogP) is 5.21. The normalized spacial score (nSPS) is 11.1. The van der Waals surface area contributed by atoms with Crippen LogP contribution in [-0.2, 0) is 4.79 Å². The number of carbonyl (C=O) groups excluding carboxylic acids is 1. The first-order valence-corrected chi connectivity index (χ1v) is 11.9. The molecule has 0 aliphatic heterocycles. The molecular weight excluding hydrogens is 470 g/mol. The molecule has 8 nitrogen and oxygen atoms in total. The van der Waals surface area contributed by atoms with Gasteiger partial charge in [-0.25, -0.2) is 14.6 Å². The molecule has 0 bridgehead atoms. The van der Waals surface area contributed by atoms with Gasteiger partial charge < -0.3 is 5.32 Å². The third kappa shape index (κ3) is 4.27. The minimum atomic E-state index is -0.154. The number of fused-ring (bicyclic) bond motifs is 1. The van der Waals surface area contributed by atoms with Gasteiger partial charge in [-0.05, 0) is 38.1 Å². The lowest BCUT2D eigenvalue weighted by Crippen LogP contribution is -2.15. The summed E-state index contributed by atoms with van der Waals surface area (Å²) >= 11 is 7.77. The highest BCUT2D eigenvalue weighted by Crippen LogP contribution is 2.32. The first kappa shape index (κ1) is 22.1. The SMILES string of the molecule is Cc1n[nH]c(C)c1NC(=O)CSc1nc(-c2ccccc2Cl)nc2c1cnn2-c1ccccc1. The maximum Gasteiger partial charge on any atom is 0.234 e. The van der Waals surface area contributed by atoms with Gasteiger partial charge in [0.25, 0.3) is 0 Å². The van der Waals surface area contributed by atoms with Crippen molar-refractivity contribution in [2.75, 3.05) is 11.1 Å². The summed E-state index contributed by atoms with van der Waals surface area (Å²) in [7, 11) is 0. The molecule has 0 aliphatic carbocycles. The molecule has 3 aromatic heterocycles. The lowest BCUT2D eigenvalue weighted by molar-refractivity contribution is -0.113. The van der Waals surface area contributed by atoms with Crippen LogP contribution in [-0.4, -0.2) is 41.6 Å². The molecule has 0 aliphatic rings. The second kappa shape index (κ2) is 9.28. The number of nitrogens with zero attached hydrogens (tertiary/aromatic N) is 5. The first-order valence-electron chi connectivity index (χ1n) is 10.5. The molecule has 0 atom stereocenters. The summed E-state index contributed by atoms with van der Waals surface area (Å²) in [5.41, 5.74) is 4.48. The van der Waals surface area contributed by atoms with Gasteiger partial charge in [0.1, 0.15) is 5.03 Å². The van der Waals surface area contributed by atoms with Crippen LogP contribution in [0.1, 0.15) is 11.4 Å². The standard InChI is InChI=1S/C24H20ClN7OS/c1-14-21(15(2)31-30-14)27-20(33)13-34-24-18-12-26-32(16-8-4-3-5-9-16)23(18)28-22(29-24)17-10-6-7-11-19(17)25/h3-12H,13H2,1-2H3,(H,27,33)(H,30,31).